The van der Waals surface area contributed by atoms with E-state index in [0.29, 0.717) is 10.8 Å². The molecule has 0 unspecified atom stereocenters. The van der Waals surface area contributed by atoms with Crippen LogP contribution in [0, 0.1) is 0 Å². The minimum atomic E-state index is -5.32. The first-order chi connectivity index (χ1) is 15.2. The number of hydrogen-bond donors (Lipinski definition) is 0. The summed E-state index contributed by atoms with van der Waals surface area (Å²) in [4.78, 5) is 5.28. The molecule has 0 atom stereocenters. The molecule has 0 bridgehead atoms. The third-order valence-electron chi connectivity index (χ3n) is 6.37. The Hall–Kier alpha value is -2.18. The van der Waals surface area contributed by atoms with Crippen LogP contribution in [-0.2, 0) is 18.5 Å². The molecule has 0 aliphatic heterocycles. The maximum atomic E-state index is 13.2. The molecular weight excluding hydrogens is 587 g/mol. The molecule has 0 radical (unpaired) electrons. The van der Waals surface area contributed by atoms with Crippen molar-refractivity contribution in [1.82, 2.24) is 0 Å². The monoisotopic (exact) mass is 610 g/mol. The van der Waals surface area contributed by atoms with Gasteiger partial charge in [0.05, 0.1) is 0 Å². The quantitative estimate of drug-likeness (QED) is 0.222. The van der Waals surface area contributed by atoms with Gasteiger partial charge in [-0.1, -0.05) is 0 Å². The summed E-state index contributed by atoms with van der Waals surface area (Å²) in [6.45, 7) is 0. The fourth-order valence-electron chi connectivity index (χ4n) is 3.97. The molecule has 3 rings (SSSR count). The van der Waals surface area contributed by atoms with E-state index in [0.717, 1.165) is 36.4 Å². The normalized spacial score (nSPS) is 15.5. The van der Waals surface area contributed by atoms with Crippen LogP contribution in [0.25, 0.3) is 0 Å². The van der Waals surface area contributed by atoms with Crippen LogP contribution in [0.2, 0.25) is 14.9 Å². The molecule has 0 saturated carbocycles. The Morgan fingerprint density at radius 2 is 0.559 bits per heavy atom. The molecule has 0 N–H and O–H groups in total. The van der Waals surface area contributed by atoms with Gasteiger partial charge in [0.1, 0.15) is 0 Å². The van der Waals surface area contributed by atoms with Crippen molar-refractivity contribution in [1.29, 1.82) is 0 Å². The molecule has 0 aromatic heterocycles. The molecule has 3 aromatic rings. The maximum absolute atomic E-state index is 13.2. The average molecular weight is 608 g/mol. The third-order valence-corrected chi connectivity index (χ3v) is 24.8. The van der Waals surface area contributed by atoms with Gasteiger partial charge in [-0.25, -0.2) is 0 Å². The third kappa shape index (κ3) is 4.31. The van der Waals surface area contributed by atoms with Gasteiger partial charge in [0.2, 0.25) is 0 Å². The summed E-state index contributed by atoms with van der Waals surface area (Å²) in [7, 11) is 0. The predicted octanol–water partition coefficient (Wildman–Crippen LogP) is 7.01. The first kappa shape index (κ1) is 26.4. The molecule has 0 aliphatic carbocycles. The van der Waals surface area contributed by atoms with Gasteiger partial charge in [-0.05, 0) is 0 Å². The second-order valence-electron chi connectivity index (χ2n) is 9.43. The van der Waals surface area contributed by atoms with E-state index in [1.807, 2.05) is 0 Å². The summed E-state index contributed by atoms with van der Waals surface area (Å²) in [5.41, 5.74) is -2.73. The van der Waals surface area contributed by atoms with Crippen molar-refractivity contribution in [2.45, 2.75) is 33.4 Å². The van der Waals surface area contributed by atoms with Crippen LogP contribution in [0.4, 0.5) is 39.5 Å². The molecule has 0 fully saturated rings. The second kappa shape index (κ2) is 7.41. The van der Waals surface area contributed by atoms with Crippen molar-refractivity contribution in [2.24, 2.45) is 0 Å². The zero-order valence-corrected chi connectivity index (χ0v) is 20.6. The molecule has 0 aliphatic rings. The zero-order valence-electron chi connectivity index (χ0n) is 18.2. The molecule has 0 saturated heterocycles. The Kier molecular flexibility index (Phi) is 5.76. The number of benzene rings is 3. The van der Waals surface area contributed by atoms with Crippen molar-refractivity contribution < 1.29 is 39.5 Å². The van der Waals surface area contributed by atoms with E-state index in [9.17, 15) is 39.5 Å². The topological polar surface area (TPSA) is 0 Å². The van der Waals surface area contributed by atoms with E-state index in [1.54, 1.807) is 14.9 Å². The van der Waals surface area contributed by atoms with E-state index >= 15 is 0 Å². The Balaban J connectivity index is 2.35. The van der Waals surface area contributed by atoms with E-state index in [1.165, 1.54) is 36.4 Å². The summed E-state index contributed by atoms with van der Waals surface area (Å²) >= 11 is -5.32. The van der Waals surface area contributed by atoms with Crippen LogP contribution in [-0.4, -0.2) is 15.4 Å². The van der Waals surface area contributed by atoms with Crippen LogP contribution >= 0.6 is 0 Å². The van der Waals surface area contributed by atoms with Gasteiger partial charge in [-0.3, -0.25) is 0 Å². The van der Waals surface area contributed by atoms with Gasteiger partial charge in [0, 0.05) is 0 Å². The van der Waals surface area contributed by atoms with E-state index in [-0.39, 0.29) is 0 Å². The van der Waals surface area contributed by atoms with Gasteiger partial charge < -0.3 is 0 Å². The Morgan fingerprint density at radius 1 is 0.382 bits per heavy atom. The van der Waals surface area contributed by atoms with Crippen LogP contribution in [0.15, 0.2) is 72.8 Å². The molecular formula is C24H21F9Te. The van der Waals surface area contributed by atoms with Crippen molar-refractivity contribution in [2.75, 3.05) is 0 Å². The van der Waals surface area contributed by atoms with Crippen LogP contribution in [0.5, 0.6) is 0 Å². The Bertz CT molecular complexity index is 1040. The van der Waals surface area contributed by atoms with Gasteiger partial charge in [0.15, 0.2) is 0 Å². The van der Waals surface area contributed by atoms with Crippen molar-refractivity contribution >= 4 is 26.3 Å². The summed E-state index contributed by atoms with van der Waals surface area (Å²) in [6, 6.07) is 12.9. The van der Waals surface area contributed by atoms with Gasteiger partial charge in [-0.15, -0.1) is 0 Å². The average Bonchev–Trinajstić information content (AvgIpc) is 2.72. The number of hydrogen-bond acceptors (Lipinski definition) is 0. The van der Waals surface area contributed by atoms with Crippen LogP contribution in [0.1, 0.15) is 16.7 Å². The number of halogens is 9. The zero-order chi connectivity index (χ0) is 25.9. The van der Waals surface area contributed by atoms with Crippen molar-refractivity contribution in [3.05, 3.63) is 89.5 Å². The van der Waals surface area contributed by atoms with E-state index in [2.05, 4.69) is 0 Å². The summed E-state index contributed by atoms with van der Waals surface area (Å²) in [5.74, 6) is 0. The van der Waals surface area contributed by atoms with Crippen molar-refractivity contribution in [3.8, 4) is 0 Å². The minimum absolute atomic E-state index is 0.425. The van der Waals surface area contributed by atoms with Crippen LogP contribution < -0.4 is 10.8 Å². The summed E-state index contributed by atoms with van der Waals surface area (Å²) in [5, 5.41) is 0. The Morgan fingerprint density at radius 3 is 0.706 bits per heavy atom. The second-order valence-corrected chi connectivity index (χ2v) is 32.7. The molecule has 10 heteroatoms. The van der Waals surface area contributed by atoms with Crippen LogP contribution in [0.3, 0.4) is 0 Å². The van der Waals surface area contributed by atoms with E-state index in [4.69, 9.17) is 0 Å². The molecule has 0 amide bonds. The summed E-state index contributed by atoms with van der Waals surface area (Å²) in [6.07, 6.45) is -13.8. The molecule has 0 nitrogen and oxygen atoms in total. The SMILES string of the molecule is C[Te](C)(C)(c1ccc(C(F)(F)F)cc1)(c1ccc(C(F)(F)F)cc1)c1ccc(C(F)(F)F)cc1. The Labute approximate surface area is 188 Å². The first-order valence-corrected chi connectivity index (χ1v) is 20.2. The van der Waals surface area contributed by atoms with E-state index < -0.39 is 50.7 Å². The molecule has 34 heavy (non-hydrogen) atoms. The fraction of sp³-hybridized carbons (Fsp3) is 0.250. The van der Waals surface area contributed by atoms with Gasteiger partial charge in [-0.2, -0.15) is 0 Å². The first-order valence-electron chi connectivity index (χ1n) is 9.75. The molecule has 3 aromatic carbocycles. The van der Waals surface area contributed by atoms with Crippen molar-refractivity contribution in [3.63, 3.8) is 0 Å². The molecule has 0 heterocycles. The standard InChI is InChI=1S/C24H21F9Te/c1-34(2,3,19-10-4-16(5-11-19)22(25,26)27,20-12-6-17(7-13-20)23(28,29)30)21-14-8-18(9-15-21)24(31,32)33/h4-15H,1-3H3. The predicted molar refractivity (Wildman–Crippen MR) is 117 cm³/mol. The number of alkyl halides is 9. The number of rotatable bonds is 3. The molecule has 0 spiro atoms. The van der Waals surface area contributed by atoms with Gasteiger partial charge in [0.25, 0.3) is 0 Å². The van der Waals surface area contributed by atoms with Gasteiger partial charge >= 0.3 is 189 Å². The summed E-state index contributed by atoms with van der Waals surface area (Å²) < 4.78 is 120. The molecule has 186 valence electrons. The fourth-order valence-corrected chi connectivity index (χ4v) is 16.8.